The quantitative estimate of drug-likeness (QED) is 0.770. The predicted octanol–water partition coefficient (Wildman–Crippen LogP) is 4.21. The number of benzene rings is 1. The van der Waals surface area contributed by atoms with Gasteiger partial charge in [-0.1, -0.05) is 38.8 Å². The summed E-state index contributed by atoms with van der Waals surface area (Å²) in [7, 11) is 0. The van der Waals surface area contributed by atoms with E-state index in [9.17, 15) is 0 Å². The van der Waals surface area contributed by atoms with Gasteiger partial charge in [0.05, 0.1) is 0 Å². The fourth-order valence-corrected chi connectivity index (χ4v) is 2.40. The molecule has 1 aromatic rings. The largest absolute Gasteiger partial charge is 0.310 e. The van der Waals surface area contributed by atoms with Crippen molar-refractivity contribution in [3.63, 3.8) is 0 Å². The lowest BCUT2D eigenvalue weighted by Gasteiger charge is -2.22. The van der Waals surface area contributed by atoms with E-state index in [1.807, 2.05) is 0 Å². The van der Waals surface area contributed by atoms with Crippen molar-refractivity contribution in [2.45, 2.75) is 46.2 Å². The van der Waals surface area contributed by atoms with Gasteiger partial charge in [-0.15, -0.1) is 0 Å². The number of halogens is 1. The zero-order chi connectivity index (χ0) is 12.0. The van der Waals surface area contributed by atoms with Gasteiger partial charge < -0.3 is 5.32 Å². The van der Waals surface area contributed by atoms with E-state index in [0.29, 0.717) is 6.04 Å². The molecular formula is C14H22IN. The van der Waals surface area contributed by atoms with Crippen molar-refractivity contribution in [1.82, 2.24) is 5.32 Å². The Labute approximate surface area is 113 Å². The highest BCUT2D eigenvalue weighted by Gasteiger charge is 2.12. The molecule has 1 nitrogen and oxygen atoms in total. The average Bonchev–Trinajstić information content (AvgIpc) is 2.30. The Balaban J connectivity index is 2.42. The minimum Gasteiger partial charge on any atom is -0.310 e. The molecule has 0 saturated heterocycles. The summed E-state index contributed by atoms with van der Waals surface area (Å²) in [6.45, 7) is 7.83. The summed E-state index contributed by atoms with van der Waals surface area (Å²) in [5.41, 5.74) is 1.37. The maximum absolute atomic E-state index is 3.62. The van der Waals surface area contributed by atoms with Crippen molar-refractivity contribution < 1.29 is 0 Å². The summed E-state index contributed by atoms with van der Waals surface area (Å²) in [6.07, 6.45) is 2.52. The monoisotopic (exact) mass is 331 g/mol. The number of nitrogens with one attached hydrogen (secondary N) is 1. The maximum atomic E-state index is 3.62. The van der Waals surface area contributed by atoms with Crippen LogP contribution in [0.25, 0.3) is 0 Å². The molecule has 0 saturated carbocycles. The Hall–Kier alpha value is -0.0900. The highest BCUT2D eigenvalue weighted by Crippen LogP contribution is 2.13. The lowest BCUT2D eigenvalue weighted by Crippen LogP contribution is -2.32. The van der Waals surface area contributed by atoms with E-state index in [2.05, 4.69) is 72.9 Å². The van der Waals surface area contributed by atoms with E-state index in [1.165, 1.54) is 22.0 Å². The van der Waals surface area contributed by atoms with E-state index >= 15 is 0 Å². The van der Waals surface area contributed by atoms with Crippen LogP contribution >= 0.6 is 22.6 Å². The van der Waals surface area contributed by atoms with Crippen LogP contribution in [0.2, 0.25) is 0 Å². The van der Waals surface area contributed by atoms with E-state index in [4.69, 9.17) is 0 Å². The average molecular weight is 331 g/mol. The molecule has 90 valence electrons. The first-order chi connectivity index (χ1) is 7.67. The van der Waals surface area contributed by atoms with E-state index in [-0.39, 0.29) is 0 Å². The molecule has 0 heterocycles. The smallest absolute Gasteiger partial charge is 0.0208 e. The molecule has 0 fully saturated rings. The van der Waals surface area contributed by atoms with Gasteiger partial charge in [-0.05, 0) is 53.1 Å². The van der Waals surface area contributed by atoms with Crippen molar-refractivity contribution in [2.24, 2.45) is 5.92 Å². The molecule has 0 aromatic heterocycles. The van der Waals surface area contributed by atoms with Crippen LogP contribution in [-0.2, 0) is 6.54 Å². The van der Waals surface area contributed by atoms with Crippen molar-refractivity contribution in [3.05, 3.63) is 33.4 Å². The topological polar surface area (TPSA) is 12.0 Å². The molecule has 1 unspecified atom stereocenters. The molecular weight excluding hydrogens is 309 g/mol. The van der Waals surface area contributed by atoms with Gasteiger partial charge in [-0.3, -0.25) is 0 Å². The minimum atomic E-state index is 0.606. The predicted molar refractivity (Wildman–Crippen MR) is 79.5 cm³/mol. The molecule has 0 amide bonds. The molecule has 1 rings (SSSR count). The Morgan fingerprint density at radius 1 is 1.12 bits per heavy atom. The second kappa shape index (κ2) is 7.28. The number of rotatable bonds is 6. The van der Waals surface area contributed by atoms with Crippen LogP contribution in [-0.4, -0.2) is 6.04 Å². The number of hydrogen-bond donors (Lipinski definition) is 1. The molecule has 1 aromatic carbocycles. The third-order valence-corrected chi connectivity index (χ3v) is 4.02. The van der Waals surface area contributed by atoms with Crippen LogP contribution in [0.5, 0.6) is 0 Å². The van der Waals surface area contributed by atoms with Gasteiger partial charge in [-0.25, -0.2) is 0 Å². The summed E-state index contributed by atoms with van der Waals surface area (Å²) in [5.74, 6) is 0.795. The van der Waals surface area contributed by atoms with Crippen molar-refractivity contribution in [3.8, 4) is 0 Å². The zero-order valence-electron chi connectivity index (χ0n) is 10.5. The Morgan fingerprint density at radius 2 is 1.69 bits per heavy atom. The molecule has 16 heavy (non-hydrogen) atoms. The third kappa shape index (κ3) is 4.42. The zero-order valence-corrected chi connectivity index (χ0v) is 12.6. The molecule has 2 heteroatoms. The summed E-state index contributed by atoms with van der Waals surface area (Å²) < 4.78 is 1.30. The van der Waals surface area contributed by atoms with Gasteiger partial charge in [0.15, 0.2) is 0 Å². The SMILES string of the molecule is CCC(CC)C(C)NCc1ccc(I)cc1. The molecule has 0 aliphatic heterocycles. The molecule has 0 bridgehead atoms. The molecule has 0 radical (unpaired) electrons. The lowest BCUT2D eigenvalue weighted by molar-refractivity contribution is 0.353. The van der Waals surface area contributed by atoms with E-state index < -0.39 is 0 Å². The summed E-state index contributed by atoms with van der Waals surface area (Å²) >= 11 is 2.34. The van der Waals surface area contributed by atoms with Crippen molar-refractivity contribution >= 4 is 22.6 Å². The first kappa shape index (κ1) is 14.0. The molecule has 0 spiro atoms. The Kier molecular flexibility index (Phi) is 6.36. The van der Waals surface area contributed by atoms with E-state index in [0.717, 1.165) is 12.5 Å². The fourth-order valence-electron chi connectivity index (χ4n) is 2.04. The summed E-state index contributed by atoms with van der Waals surface area (Å²) in [6, 6.07) is 9.34. The lowest BCUT2D eigenvalue weighted by atomic mass is 9.95. The van der Waals surface area contributed by atoms with Crippen LogP contribution < -0.4 is 5.32 Å². The van der Waals surface area contributed by atoms with E-state index in [1.54, 1.807) is 0 Å². The Morgan fingerprint density at radius 3 is 2.19 bits per heavy atom. The maximum Gasteiger partial charge on any atom is 0.0208 e. The van der Waals surface area contributed by atoms with Crippen molar-refractivity contribution in [2.75, 3.05) is 0 Å². The van der Waals surface area contributed by atoms with Gasteiger partial charge in [0, 0.05) is 16.2 Å². The normalized spacial score (nSPS) is 13.1. The van der Waals surface area contributed by atoms with Gasteiger partial charge in [0.1, 0.15) is 0 Å². The second-order valence-electron chi connectivity index (χ2n) is 4.37. The van der Waals surface area contributed by atoms with Crippen molar-refractivity contribution in [1.29, 1.82) is 0 Å². The van der Waals surface area contributed by atoms with Crippen LogP contribution in [0.1, 0.15) is 39.2 Å². The van der Waals surface area contributed by atoms with Gasteiger partial charge in [0.25, 0.3) is 0 Å². The highest BCUT2D eigenvalue weighted by molar-refractivity contribution is 14.1. The van der Waals surface area contributed by atoms with Crippen LogP contribution in [0.15, 0.2) is 24.3 Å². The van der Waals surface area contributed by atoms with Gasteiger partial charge >= 0.3 is 0 Å². The van der Waals surface area contributed by atoms with Gasteiger partial charge in [-0.2, -0.15) is 0 Å². The molecule has 1 atom stereocenters. The first-order valence-electron chi connectivity index (χ1n) is 6.15. The molecule has 1 N–H and O–H groups in total. The summed E-state index contributed by atoms with van der Waals surface area (Å²) in [5, 5.41) is 3.62. The second-order valence-corrected chi connectivity index (χ2v) is 5.62. The van der Waals surface area contributed by atoms with Crippen LogP contribution in [0, 0.1) is 9.49 Å². The van der Waals surface area contributed by atoms with Crippen LogP contribution in [0.4, 0.5) is 0 Å². The fraction of sp³-hybridized carbons (Fsp3) is 0.571. The molecule has 0 aliphatic carbocycles. The standard InChI is InChI=1S/C14H22IN/c1-4-13(5-2)11(3)16-10-12-6-8-14(15)9-7-12/h6-9,11,13,16H,4-5,10H2,1-3H3. The highest BCUT2D eigenvalue weighted by atomic mass is 127. The first-order valence-corrected chi connectivity index (χ1v) is 7.23. The van der Waals surface area contributed by atoms with Gasteiger partial charge in [0.2, 0.25) is 0 Å². The third-order valence-electron chi connectivity index (χ3n) is 3.30. The minimum absolute atomic E-state index is 0.606. The molecule has 0 aliphatic rings. The number of hydrogen-bond acceptors (Lipinski definition) is 1. The summed E-state index contributed by atoms with van der Waals surface area (Å²) in [4.78, 5) is 0. The Bertz CT molecular complexity index is 290. The van der Waals surface area contributed by atoms with Crippen LogP contribution in [0.3, 0.4) is 0 Å².